The maximum atomic E-state index is 12.4. The first-order valence-corrected chi connectivity index (χ1v) is 7.40. The minimum absolute atomic E-state index is 0.0988. The molecule has 0 N–H and O–H groups in total. The lowest BCUT2D eigenvalue weighted by atomic mass is 9.95. The van der Waals surface area contributed by atoms with E-state index in [1.165, 1.54) is 0 Å². The highest BCUT2D eigenvalue weighted by atomic mass is 79.9. The normalized spacial score (nSPS) is 19.6. The van der Waals surface area contributed by atoms with Crippen molar-refractivity contribution < 1.29 is 4.79 Å². The molecule has 1 unspecified atom stereocenters. The number of halogens is 2. The summed E-state index contributed by atoms with van der Waals surface area (Å²) in [5, 5.41) is 0.639. The van der Waals surface area contributed by atoms with Crippen LogP contribution in [0.2, 0.25) is 5.02 Å². The lowest BCUT2D eigenvalue weighted by Crippen LogP contribution is -2.29. The Kier molecular flexibility index (Phi) is 4.33. The zero-order valence-corrected chi connectivity index (χ0v) is 13.0. The smallest absolute Gasteiger partial charge is 0.255 e. The fraction of sp³-hybridized carbons (Fsp3) is 0.500. The molecule has 0 saturated carbocycles. The molecular weight excluding hydrogens is 314 g/mol. The van der Waals surface area contributed by atoms with E-state index in [-0.39, 0.29) is 5.91 Å². The number of hydrogen-bond donors (Lipinski definition) is 0. The van der Waals surface area contributed by atoms with Gasteiger partial charge in [-0.1, -0.05) is 25.4 Å². The van der Waals surface area contributed by atoms with Crippen LogP contribution in [0, 0.1) is 11.8 Å². The van der Waals surface area contributed by atoms with E-state index in [2.05, 4.69) is 29.8 Å². The third-order valence-electron chi connectivity index (χ3n) is 3.62. The zero-order chi connectivity index (χ0) is 13.3. The molecule has 0 spiro atoms. The van der Waals surface area contributed by atoms with Crippen molar-refractivity contribution in [1.82, 2.24) is 4.90 Å². The van der Waals surface area contributed by atoms with Gasteiger partial charge in [-0.2, -0.15) is 0 Å². The van der Waals surface area contributed by atoms with Crippen molar-refractivity contribution in [2.24, 2.45) is 11.8 Å². The lowest BCUT2D eigenvalue weighted by Gasteiger charge is -2.19. The number of nitrogens with zero attached hydrogens (tertiary/aromatic N) is 1. The number of likely N-dealkylation sites (tertiary alicyclic amines) is 1. The van der Waals surface area contributed by atoms with Gasteiger partial charge in [0, 0.05) is 22.6 Å². The van der Waals surface area contributed by atoms with Gasteiger partial charge < -0.3 is 4.90 Å². The number of rotatable bonds is 2. The van der Waals surface area contributed by atoms with Crippen molar-refractivity contribution in [3.63, 3.8) is 0 Å². The first-order chi connectivity index (χ1) is 8.49. The molecule has 0 aromatic heterocycles. The quantitative estimate of drug-likeness (QED) is 0.795. The Hall–Kier alpha value is -0.540. The molecular formula is C14H17BrClNO. The first kappa shape index (κ1) is 13.9. The molecule has 1 atom stereocenters. The van der Waals surface area contributed by atoms with Crippen LogP contribution in [0.4, 0.5) is 0 Å². The van der Waals surface area contributed by atoms with Crippen LogP contribution < -0.4 is 0 Å². The van der Waals surface area contributed by atoms with Crippen molar-refractivity contribution in [3.05, 3.63) is 33.3 Å². The molecule has 0 aliphatic carbocycles. The summed E-state index contributed by atoms with van der Waals surface area (Å²) in [7, 11) is 0. The van der Waals surface area contributed by atoms with Crippen LogP contribution in [0.5, 0.6) is 0 Å². The van der Waals surface area contributed by atoms with Crippen molar-refractivity contribution in [3.8, 4) is 0 Å². The van der Waals surface area contributed by atoms with Crippen molar-refractivity contribution in [1.29, 1.82) is 0 Å². The first-order valence-electron chi connectivity index (χ1n) is 6.23. The predicted octanol–water partition coefficient (Wildman–Crippen LogP) is 4.22. The second-order valence-corrected chi connectivity index (χ2v) is 6.46. The standard InChI is InChI=1S/C14H17BrClNO/c1-9(2)10-5-6-17(8-10)14(18)12-4-3-11(16)7-13(12)15/h3-4,7,9-10H,5-6,8H2,1-2H3. The summed E-state index contributed by atoms with van der Waals surface area (Å²) in [6.07, 6.45) is 1.11. The molecule has 2 rings (SSSR count). The third-order valence-corrected chi connectivity index (χ3v) is 4.51. The summed E-state index contributed by atoms with van der Waals surface area (Å²) < 4.78 is 0.771. The fourth-order valence-electron chi connectivity index (χ4n) is 2.35. The largest absolute Gasteiger partial charge is 0.338 e. The number of amides is 1. The van der Waals surface area contributed by atoms with Gasteiger partial charge in [0.2, 0.25) is 0 Å². The number of carbonyl (C=O) groups excluding carboxylic acids is 1. The van der Waals surface area contributed by atoms with Gasteiger partial charge in [0.25, 0.3) is 5.91 Å². The molecule has 1 aromatic carbocycles. The summed E-state index contributed by atoms with van der Waals surface area (Å²) in [4.78, 5) is 14.3. The lowest BCUT2D eigenvalue weighted by molar-refractivity contribution is 0.0783. The summed E-state index contributed by atoms with van der Waals surface area (Å²) in [6.45, 7) is 6.16. The molecule has 0 radical (unpaired) electrons. The molecule has 1 saturated heterocycles. The molecule has 18 heavy (non-hydrogen) atoms. The summed E-state index contributed by atoms with van der Waals surface area (Å²) >= 11 is 9.30. The third kappa shape index (κ3) is 2.89. The Labute approximate surface area is 121 Å². The van der Waals surface area contributed by atoms with E-state index < -0.39 is 0 Å². The molecule has 1 aliphatic heterocycles. The van der Waals surface area contributed by atoms with Crippen molar-refractivity contribution in [2.75, 3.05) is 13.1 Å². The molecule has 98 valence electrons. The number of benzene rings is 1. The maximum absolute atomic E-state index is 12.4. The molecule has 1 fully saturated rings. The van der Waals surface area contributed by atoms with Gasteiger partial charge in [-0.15, -0.1) is 0 Å². The molecule has 1 aromatic rings. The van der Waals surface area contributed by atoms with Crippen LogP contribution in [0.25, 0.3) is 0 Å². The topological polar surface area (TPSA) is 20.3 Å². The van der Waals surface area contributed by atoms with Crippen LogP contribution in [0.3, 0.4) is 0 Å². The molecule has 1 aliphatic rings. The minimum atomic E-state index is 0.0988. The second kappa shape index (κ2) is 5.62. The second-order valence-electron chi connectivity index (χ2n) is 5.17. The van der Waals surface area contributed by atoms with E-state index in [0.717, 1.165) is 24.0 Å². The number of carbonyl (C=O) groups is 1. The summed E-state index contributed by atoms with van der Waals surface area (Å²) in [6, 6.07) is 5.32. The van der Waals surface area contributed by atoms with Gasteiger partial charge in [-0.05, 0) is 52.4 Å². The van der Waals surface area contributed by atoms with Crippen molar-refractivity contribution in [2.45, 2.75) is 20.3 Å². The average Bonchev–Trinajstić information content (AvgIpc) is 2.77. The SMILES string of the molecule is CC(C)C1CCN(C(=O)c2ccc(Cl)cc2Br)C1. The molecule has 0 bridgehead atoms. The van der Waals surface area contributed by atoms with Crippen LogP contribution in [0.1, 0.15) is 30.6 Å². The molecule has 1 amide bonds. The van der Waals surface area contributed by atoms with E-state index >= 15 is 0 Å². The fourth-order valence-corrected chi connectivity index (χ4v) is 3.20. The molecule has 4 heteroatoms. The Morgan fingerprint density at radius 3 is 2.78 bits per heavy atom. The average molecular weight is 331 g/mol. The van der Waals surface area contributed by atoms with Crippen LogP contribution in [-0.4, -0.2) is 23.9 Å². The van der Waals surface area contributed by atoms with Gasteiger partial charge in [0.1, 0.15) is 0 Å². The summed E-state index contributed by atoms with van der Waals surface area (Å²) in [5.74, 6) is 1.36. The molecule has 2 nitrogen and oxygen atoms in total. The van der Waals surface area contributed by atoms with Crippen LogP contribution in [-0.2, 0) is 0 Å². The van der Waals surface area contributed by atoms with E-state index in [9.17, 15) is 4.79 Å². The van der Waals surface area contributed by atoms with Crippen LogP contribution in [0.15, 0.2) is 22.7 Å². The predicted molar refractivity (Wildman–Crippen MR) is 78.0 cm³/mol. The highest BCUT2D eigenvalue weighted by Crippen LogP contribution is 2.28. The molecule has 1 heterocycles. The monoisotopic (exact) mass is 329 g/mol. The Morgan fingerprint density at radius 1 is 1.50 bits per heavy atom. The van der Waals surface area contributed by atoms with Gasteiger partial charge in [0.15, 0.2) is 0 Å². The Morgan fingerprint density at radius 2 is 2.22 bits per heavy atom. The number of hydrogen-bond acceptors (Lipinski definition) is 1. The van der Waals surface area contributed by atoms with Gasteiger partial charge in [-0.3, -0.25) is 4.79 Å². The highest BCUT2D eigenvalue weighted by molar-refractivity contribution is 9.10. The van der Waals surface area contributed by atoms with Crippen LogP contribution >= 0.6 is 27.5 Å². The maximum Gasteiger partial charge on any atom is 0.255 e. The summed E-state index contributed by atoms with van der Waals surface area (Å²) in [5.41, 5.74) is 0.698. The highest BCUT2D eigenvalue weighted by Gasteiger charge is 2.29. The Bertz CT molecular complexity index is 461. The van der Waals surface area contributed by atoms with Crippen molar-refractivity contribution >= 4 is 33.4 Å². The van der Waals surface area contributed by atoms with Gasteiger partial charge in [0.05, 0.1) is 5.56 Å². The van der Waals surface area contributed by atoms with E-state index in [1.54, 1.807) is 18.2 Å². The van der Waals surface area contributed by atoms with E-state index in [0.29, 0.717) is 22.4 Å². The van der Waals surface area contributed by atoms with Gasteiger partial charge in [-0.25, -0.2) is 0 Å². The van der Waals surface area contributed by atoms with E-state index in [1.807, 2.05) is 4.90 Å². The van der Waals surface area contributed by atoms with E-state index in [4.69, 9.17) is 11.6 Å². The minimum Gasteiger partial charge on any atom is -0.338 e. The van der Waals surface area contributed by atoms with Gasteiger partial charge >= 0.3 is 0 Å². The Balaban J connectivity index is 2.13. The zero-order valence-electron chi connectivity index (χ0n) is 10.6.